The van der Waals surface area contributed by atoms with Crippen molar-refractivity contribution in [3.63, 3.8) is 0 Å². The van der Waals surface area contributed by atoms with Gasteiger partial charge < -0.3 is 15.1 Å². The molecule has 2 aromatic rings. The van der Waals surface area contributed by atoms with Crippen molar-refractivity contribution < 1.29 is 9.59 Å². The molecular formula is C28H38N4O2. The van der Waals surface area contributed by atoms with Crippen molar-refractivity contribution in [3.8, 4) is 0 Å². The van der Waals surface area contributed by atoms with Gasteiger partial charge in [0.25, 0.3) is 0 Å². The summed E-state index contributed by atoms with van der Waals surface area (Å²) in [5.41, 5.74) is 3.22. The number of rotatable bonds is 6. The van der Waals surface area contributed by atoms with Crippen molar-refractivity contribution in [2.75, 3.05) is 37.6 Å². The van der Waals surface area contributed by atoms with Crippen LogP contribution in [0.5, 0.6) is 0 Å². The second-order valence-corrected chi connectivity index (χ2v) is 10.5. The minimum absolute atomic E-state index is 0.0404. The molecule has 6 heteroatoms. The van der Waals surface area contributed by atoms with Crippen LogP contribution in [0.3, 0.4) is 0 Å². The van der Waals surface area contributed by atoms with Crippen LogP contribution in [0.4, 0.5) is 5.69 Å². The standard InChI is InChI=1S/C28H38N4O2/c1-28(2,3)27(34)32-15-9-14-25(32)26(33)29-20-22-10-7-8-11-23(22)21-30-16-18-31(19-17-30)24-12-5-4-6-13-24/h4-8,10-13,25H,9,14-21H2,1-3H3,(H,29,33). The van der Waals surface area contributed by atoms with Crippen molar-refractivity contribution in [2.24, 2.45) is 5.41 Å². The molecule has 2 fully saturated rings. The number of carbonyl (C=O) groups excluding carboxylic acids is 2. The van der Waals surface area contributed by atoms with Crippen LogP contribution in [0.15, 0.2) is 54.6 Å². The quantitative estimate of drug-likeness (QED) is 0.712. The van der Waals surface area contributed by atoms with E-state index in [1.54, 1.807) is 4.90 Å². The summed E-state index contributed by atoms with van der Waals surface area (Å²) in [5, 5.41) is 3.12. The maximum absolute atomic E-state index is 13.0. The number of piperazine rings is 1. The Morgan fingerprint density at radius 3 is 2.21 bits per heavy atom. The van der Waals surface area contributed by atoms with Crippen LogP contribution in [-0.2, 0) is 22.7 Å². The molecule has 34 heavy (non-hydrogen) atoms. The first-order valence-electron chi connectivity index (χ1n) is 12.5. The fraction of sp³-hybridized carbons (Fsp3) is 0.500. The van der Waals surface area contributed by atoms with E-state index in [9.17, 15) is 9.59 Å². The van der Waals surface area contributed by atoms with Crippen LogP contribution in [-0.4, -0.2) is 60.4 Å². The summed E-state index contributed by atoms with van der Waals surface area (Å²) < 4.78 is 0. The maximum Gasteiger partial charge on any atom is 0.243 e. The molecule has 1 atom stereocenters. The number of anilines is 1. The Hall–Kier alpha value is -2.86. The largest absolute Gasteiger partial charge is 0.369 e. The van der Waals surface area contributed by atoms with E-state index in [0.717, 1.165) is 51.1 Å². The summed E-state index contributed by atoms with van der Waals surface area (Å²) in [6.45, 7) is 11.8. The topological polar surface area (TPSA) is 55.9 Å². The van der Waals surface area contributed by atoms with Crippen LogP contribution >= 0.6 is 0 Å². The fourth-order valence-electron chi connectivity index (χ4n) is 4.94. The first-order chi connectivity index (χ1) is 16.3. The molecule has 182 valence electrons. The predicted octanol–water partition coefficient (Wildman–Crippen LogP) is 3.66. The first-order valence-corrected chi connectivity index (χ1v) is 12.5. The molecule has 1 N–H and O–H groups in total. The van der Waals surface area contributed by atoms with Crippen LogP contribution in [0.2, 0.25) is 0 Å². The summed E-state index contributed by atoms with van der Waals surface area (Å²) in [7, 11) is 0. The zero-order chi connectivity index (χ0) is 24.1. The normalized spacial score (nSPS) is 19.3. The van der Waals surface area contributed by atoms with Gasteiger partial charge in [-0.25, -0.2) is 0 Å². The Bertz CT molecular complexity index is 977. The second-order valence-electron chi connectivity index (χ2n) is 10.5. The third kappa shape index (κ3) is 5.79. The summed E-state index contributed by atoms with van der Waals surface area (Å²) in [5.74, 6) is 0.0153. The molecule has 2 aromatic carbocycles. The highest BCUT2D eigenvalue weighted by atomic mass is 16.2. The van der Waals surface area contributed by atoms with Gasteiger partial charge in [-0.05, 0) is 36.1 Å². The minimum Gasteiger partial charge on any atom is -0.369 e. The molecule has 0 bridgehead atoms. The van der Waals surface area contributed by atoms with E-state index in [0.29, 0.717) is 13.1 Å². The fourth-order valence-corrected chi connectivity index (χ4v) is 4.94. The van der Waals surface area contributed by atoms with E-state index in [2.05, 4.69) is 63.6 Å². The molecular weight excluding hydrogens is 424 g/mol. The summed E-state index contributed by atoms with van der Waals surface area (Å²) in [6.07, 6.45) is 1.62. The average molecular weight is 463 g/mol. The van der Waals surface area contributed by atoms with Gasteiger partial charge in [0.2, 0.25) is 11.8 Å². The van der Waals surface area contributed by atoms with E-state index in [1.807, 2.05) is 26.8 Å². The first kappa shape index (κ1) is 24.3. The van der Waals surface area contributed by atoms with Gasteiger partial charge in [0, 0.05) is 56.9 Å². The lowest BCUT2D eigenvalue weighted by Crippen LogP contribution is -2.49. The van der Waals surface area contributed by atoms with Crippen molar-refractivity contribution in [1.82, 2.24) is 15.1 Å². The maximum atomic E-state index is 13.0. The smallest absolute Gasteiger partial charge is 0.243 e. The number of hydrogen-bond donors (Lipinski definition) is 1. The third-order valence-corrected chi connectivity index (χ3v) is 6.92. The molecule has 0 aromatic heterocycles. The molecule has 2 aliphatic heterocycles. The summed E-state index contributed by atoms with van der Waals surface area (Å²) >= 11 is 0. The van der Waals surface area contributed by atoms with Gasteiger partial charge in [0.1, 0.15) is 6.04 Å². The molecule has 2 heterocycles. The average Bonchev–Trinajstić information content (AvgIpc) is 3.33. The summed E-state index contributed by atoms with van der Waals surface area (Å²) in [4.78, 5) is 32.5. The van der Waals surface area contributed by atoms with Gasteiger partial charge in [-0.2, -0.15) is 0 Å². The number of para-hydroxylation sites is 1. The van der Waals surface area contributed by atoms with E-state index in [-0.39, 0.29) is 17.9 Å². The lowest BCUT2D eigenvalue weighted by molar-refractivity contribution is -0.144. The van der Waals surface area contributed by atoms with Crippen molar-refractivity contribution in [1.29, 1.82) is 0 Å². The highest BCUT2D eigenvalue weighted by Crippen LogP contribution is 2.26. The SMILES string of the molecule is CC(C)(C)C(=O)N1CCCC1C(=O)NCc1ccccc1CN1CCN(c2ccccc2)CC1. The van der Waals surface area contributed by atoms with Gasteiger partial charge in [-0.15, -0.1) is 0 Å². The monoisotopic (exact) mass is 462 g/mol. The van der Waals surface area contributed by atoms with Crippen LogP contribution in [0, 0.1) is 5.41 Å². The molecule has 2 amide bonds. The molecule has 4 rings (SSSR count). The van der Waals surface area contributed by atoms with Crippen LogP contribution in [0.25, 0.3) is 0 Å². The van der Waals surface area contributed by atoms with Crippen LogP contribution in [0.1, 0.15) is 44.7 Å². The van der Waals surface area contributed by atoms with Gasteiger partial charge in [0.15, 0.2) is 0 Å². The molecule has 0 spiro atoms. The minimum atomic E-state index is -0.472. The number of amides is 2. The number of hydrogen-bond acceptors (Lipinski definition) is 4. The van der Waals surface area contributed by atoms with Crippen molar-refractivity contribution in [2.45, 2.75) is 52.7 Å². The molecule has 0 radical (unpaired) electrons. The summed E-state index contributed by atoms with van der Waals surface area (Å²) in [6, 6.07) is 18.6. The van der Waals surface area contributed by atoms with E-state index < -0.39 is 5.41 Å². The Labute approximate surface area is 203 Å². The van der Waals surface area contributed by atoms with E-state index in [4.69, 9.17) is 0 Å². The predicted molar refractivity (Wildman–Crippen MR) is 136 cm³/mol. The number of nitrogens with zero attached hydrogens (tertiary/aromatic N) is 3. The van der Waals surface area contributed by atoms with Gasteiger partial charge in [-0.1, -0.05) is 63.2 Å². The molecule has 6 nitrogen and oxygen atoms in total. The molecule has 0 saturated carbocycles. The number of likely N-dealkylation sites (tertiary alicyclic amines) is 1. The highest BCUT2D eigenvalue weighted by molar-refractivity contribution is 5.90. The van der Waals surface area contributed by atoms with E-state index >= 15 is 0 Å². The van der Waals surface area contributed by atoms with Crippen LogP contribution < -0.4 is 10.2 Å². The number of benzene rings is 2. The van der Waals surface area contributed by atoms with Crippen molar-refractivity contribution >= 4 is 17.5 Å². The Balaban J connectivity index is 1.32. The van der Waals surface area contributed by atoms with Crippen molar-refractivity contribution in [3.05, 3.63) is 65.7 Å². The Morgan fingerprint density at radius 2 is 1.53 bits per heavy atom. The third-order valence-electron chi connectivity index (χ3n) is 6.92. The Kier molecular flexibility index (Phi) is 7.57. The van der Waals surface area contributed by atoms with Gasteiger partial charge in [-0.3, -0.25) is 14.5 Å². The number of nitrogens with one attached hydrogen (secondary N) is 1. The lowest BCUT2D eigenvalue weighted by Gasteiger charge is -2.36. The van der Waals surface area contributed by atoms with Gasteiger partial charge in [0.05, 0.1) is 0 Å². The lowest BCUT2D eigenvalue weighted by atomic mass is 9.94. The second kappa shape index (κ2) is 10.6. The zero-order valence-electron chi connectivity index (χ0n) is 20.8. The molecule has 0 aliphatic carbocycles. The van der Waals surface area contributed by atoms with E-state index in [1.165, 1.54) is 11.3 Å². The number of carbonyl (C=O) groups is 2. The highest BCUT2D eigenvalue weighted by Gasteiger charge is 2.38. The molecule has 2 saturated heterocycles. The molecule has 2 aliphatic rings. The van der Waals surface area contributed by atoms with Gasteiger partial charge >= 0.3 is 0 Å². The zero-order valence-corrected chi connectivity index (χ0v) is 20.8. The molecule has 1 unspecified atom stereocenters. The Morgan fingerprint density at radius 1 is 0.882 bits per heavy atom.